The molecule has 2 aliphatic carbocycles. The average molecular weight is 529 g/mol. The van der Waals surface area contributed by atoms with Crippen molar-refractivity contribution >= 4 is 34.8 Å². The van der Waals surface area contributed by atoms with Crippen molar-refractivity contribution in [1.29, 1.82) is 0 Å². The van der Waals surface area contributed by atoms with Crippen molar-refractivity contribution in [2.24, 2.45) is 5.92 Å². The smallest absolute Gasteiger partial charge is 0.416 e. The highest BCUT2D eigenvalue weighted by molar-refractivity contribution is 6.00. The molecule has 38 heavy (non-hydrogen) atoms. The summed E-state index contributed by atoms with van der Waals surface area (Å²) in [5.74, 6) is -0.557. The molecule has 0 bridgehead atoms. The fourth-order valence-electron chi connectivity index (χ4n) is 3.61. The second-order valence-electron chi connectivity index (χ2n) is 9.18. The molecule has 1 heterocycles. The zero-order valence-corrected chi connectivity index (χ0v) is 19.9. The van der Waals surface area contributed by atoms with E-state index < -0.39 is 23.6 Å². The highest BCUT2D eigenvalue weighted by Crippen LogP contribution is 2.35. The first kappa shape index (κ1) is 25.3. The minimum Gasteiger partial charge on any atom is -0.454 e. The number of benzene rings is 2. The number of pyridine rings is 1. The second-order valence-corrected chi connectivity index (χ2v) is 9.18. The van der Waals surface area contributed by atoms with Crippen LogP contribution in [0.1, 0.15) is 31.2 Å². The molecular weight excluding hydrogens is 506 g/mol. The Morgan fingerprint density at radius 1 is 0.868 bits per heavy atom. The lowest BCUT2D eigenvalue weighted by atomic mass is 10.1. The molecule has 3 aromatic rings. The fraction of sp³-hybridized carbons (Fsp3) is 0.269. The van der Waals surface area contributed by atoms with Gasteiger partial charge in [-0.15, -0.1) is 0 Å². The minimum absolute atomic E-state index is 0.00824. The van der Waals surface area contributed by atoms with Crippen LogP contribution in [0.3, 0.4) is 0 Å². The van der Waals surface area contributed by atoms with Crippen LogP contribution in [0.5, 0.6) is 11.5 Å². The van der Waals surface area contributed by atoms with Crippen molar-refractivity contribution in [3.05, 3.63) is 66.1 Å². The number of urea groups is 1. The molecule has 8 nitrogen and oxygen atoms in total. The van der Waals surface area contributed by atoms with E-state index in [0.717, 1.165) is 43.9 Å². The maximum Gasteiger partial charge on any atom is 0.416 e. The molecule has 2 fully saturated rings. The van der Waals surface area contributed by atoms with Crippen LogP contribution in [0.2, 0.25) is 0 Å². The molecule has 0 spiro atoms. The molecule has 1 aromatic heterocycles. The Bertz CT molecular complexity index is 1370. The molecule has 2 aromatic carbocycles. The molecule has 4 N–H and O–H groups in total. The number of halogens is 4. The summed E-state index contributed by atoms with van der Waals surface area (Å²) in [6, 6.07) is 9.11. The fourth-order valence-corrected chi connectivity index (χ4v) is 3.61. The van der Waals surface area contributed by atoms with Gasteiger partial charge in [-0.3, -0.25) is 4.79 Å². The number of hydrogen-bond donors (Lipinski definition) is 4. The summed E-state index contributed by atoms with van der Waals surface area (Å²) in [6.07, 6.45) is 0.226. The van der Waals surface area contributed by atoms with Crippen LogP contribution in [0.4, 0.5) is 45.2 Å². The number of carbonyl (C=O) groups is 2. The van der Waals surface area contributed by atoms with E-state index in [9.17, 15) is 27.2 Å². The lowest BCUT2D eigenvalue weighted by molar-refractivity contribution is -0.137. The third-order valence-electron chi connectivity index (χ3n) is 5.81. The van der Waals surface area contributed by atoms with E-state index in [-0.39, 0.29) is 52.2 Å². The number of amides is 3. The Balaban J connectivity index is 1.22. The van der Waals surface area contributed by atoms with E-state index in [1.54, 1.807) is 0 Å². The topological polar surface area (TPSA) is 104 Å². The molecule has 0 radical (unpaired) electrons. The van der Waals surface area contributed by atoms with E-state index in [0.29, 0.717) is 0 Å². The number of anilines is 4. The van der Waals surface area contributed by atoms with Crippen LogP contribution in [-0.2, 0) is 11.0 Å². The number of alkyl halides is 3. The van der Waals surface area contributed by atoms with E-state index >= 15 is 0 Å². The summed E-state index contributed by atoms with van der Waals surface area (Å²) in [7, 11) is 0. The van der Waals surface area contributed by atoms with Gasteiger partial charge in [0, 0.05) is 47.4 Å². The van der Waals surface area contributed by atoms with Crippen LogP contribution in [0.25, 0.3) is 0 Å². The molecule has 12 heteroatoms. The molecule has 2 aliphatic rings. The number of nitrogens with zero attached hydrogens (tertiary/aromatic N) is 1. The van der Waals surface area contributed by atoms with Crippen molar-refractivity contribution in [1.82, 2.24) is 4.98 Å². The summed E-state index contributed by atoms with van der Waals surface area (Å²) in [5.41, 5.74) is -0.667. The second kappa shape index (κ2) is 10.2. The molecule has 0 aliphatic heterocycles. The Morgan fingerprint density at radius 3 is 2.29 bits per heavy atom. The maximum absolute atomic E-state index is 14.7. The first-order chi connectivity index (χ1) is 18.1. The average Bonchev–Trinajstić information content (AvgIpc) is 3.75. The zero-order valence-electron chi connectivity index (χ0n) is 19.9. The largest absolute Gasteiger partial charge is 0.454 e. The first-order valence-electron chi connectivity index (χ1n) is 11.9. The predicted octanol–water partition coefficient (Wildman–Crippen LogP) is 6.60. The van der Waals surface area contributed by atoms with Crippen molar-refractivity contribution < 1.29 is 31.9 Å². The predicted molar refractivity (Wildman–Crippen MR) is 133 cm³/mol. The van der Waals surface area contributed by atoms with Gasteiger partial charge in [-0.25, -0.2) is 14.2 Å². The monoisotopic (exact) mass is 529 g/mol. The number of nitrogens with one attached hydrogen (secondary N) is 4. The third-order valence-corrected chi connectivity index (χ3v) is 5.81. The number of rotatable bonds is 8. The van der Waals surface area contributed by atoms with Crippen molar-refractivity contribution in [3.63, 3.8) is 0 Å². The maximum atomic E-state index is 14.7. The van der Waals surface area contributed by atoms with Crippen molar-refractivity contribution in [3.8, 4) is 11.5 Å². The van der Waals surface area contributed by atoms with Gasteiger partial charge in [0.15, 0.2) is 11.6 Å². The van der Waals surface area contributed by atoms with E-state index in [4.69, 9.17) is 4.74 Å². The Morgan fingerprint density at radius 2 is 1.61 bits per heavy atom. The minimum atomic E-state index is -4.59. The van der Waals surface area contributed by atoms with Gasteiger partial charge in [-0.1, -0.05) is 0 Å². The van der Waals surface area contributed by atoms with Gasteiger partial charge in [0.2, 0.25) is 5.91 Å². The Kier molecular flexibility index (Phi) is 6.79. The van der Waals surface area contributed by atoms with E-state index in [1.807, 2.05) is 0 Å². The number of hydrogen-bond acceptors (Lipinski definition) is 5. The van der Waals surface area contributed by atoms with Crippen molar-refractivity contribution in [2.75, 3.05) is 21.3 Å². The van der Waals surface area contributed by atoms with Crippen LogP contribution in [0, 0.1) is 11.7 Å². The molecule has 5 rings (SSSR count). The molecule has 198 valence electrons. The van der Waals surface area contributed by atoms with Crippen LogP contribution < -0.4 is 26.0 Å². The number of aromatic nitrogens is 1. The Labute approximate surface area is 214 Å². The summed E-state index contributed by atoms with van der Waals surface area (Å²) in [4.78, 5) is 28.4. The lowest BCUT2D eigenvalue weighted by Gasteiger charge is -2.15. The standard InChI is InChI=1S/C26H23F4N5O3/c27-21-12-17(5-6-22(21)38-20-7-8-31-23(13-20)35-24(36)14-1-2-14)33-25(37)34-19-10-15(26(28,29)30)9-18(11-19)32-16-3-4-16/h5-14,16,32H,1-4H2,(H,31,35,36)(H2,33,34,37). The van der Waals surface area contributed by atoms with Crippen LogP contribution >= 0.6 is 0 Å². The van der Waals surface area contributed by atoms with E-state index in [2.05, 4.69) is 26.3 Å². The molecule has 3 amide bonds. The van der Waals surface area contributed by atoms with Gasteiger partial charge in [0.25, 0.3) is 0 Å². The van der Waals surface area contributed by atoms with Gasteiger partial charge in [0.05, 0.1) is 5.56 Å². The SMILES string of the molecule is O=C(Nc1cc(NC2CC2)cc(C(F)(F)F)c1)Nc1ccc(Oc2ccnc(NC(=O)C3CC3)c2)c(F)c1. The van der Waals surface area contributed by atoms with Gasteiger partial charge in [0.1, 0.15) is 11.6 Å². The quantitative estimate of drug-likeness (QED) is 0.246. The zero-order chi connectivity index (χ0) is 26.9. The molecule has 0 unspecified atom stereocenters. The van der Waals surface area contributed by atoms with Gasteiger partial charge in [-0.2, -0.15) is 13.2 Å². The van der Waals surface area contributed by atoms with Gasteiger partial charge < -0.3 is 26.0 Å². The number of carbonyl (C=O) groups excluding carboxylic acids is 2. The van der Waals surface area contributed by atoms with Crippen LogP contribution in [-0.4, -0.2) is 23.0 Å². The summed E-state index contributed by atoms with van der Waals surface area (Å²) in [6.45, 7) is 0. The Hall–Kier alpha value is -4.35. The molecule has 0 saturated heterocycles. The molecular formula is C26H23F4N5O3. The highest BCUT2D eigenvalue weighted by Gasteiger charge is 2.32. The van der Waals surface area contributed by atoms with Crippen molar-refractivity contribution in [2.45, 2.75) is 37.9 Å². The molecule has 2 saturated carbocycles. The summed E-state index contributed by atoms with van der Waals surface area (Å²) < 4.78 is 60.1. The summed E-state index contributed by atoms with van der Waals surface area (Å²) >= 11 is 0. The van der Waals surface area contributed by atoms with E-state index in [1.165, 1.54) is 36.5 Å². The third kappa shape index (κ3) is 6.69. The normalized spacial score (nSPS) is 14.9. The summed E-state index contributed by atoms with van der Waals surface area (Å²) in [5, 5.41) is 10.4. The van der Waals surface area contributed by atoms with Crippen LogP contribution in [0.15, 0.2) is 54.7 Å². The lowest BCUT2D eigenvalue weighted by Crippen LogP contribution is -2.20. The first-order valence-corrected chi connectivity index (χ1v) is 11.9. The highest BCUT2D eigenvalue weighted by atomic mass is 19.4. The number of ether oxygens (including phenoxy) is 1. The van der Waals surface area contributed by atoms with Gasteiger partial charge in [-0.05, 0) is 62.1 Å². The molecule has 0 atom stereocenters. The van der Waals surface area contributed by atoms with Gasteiger partial charge >= 0.3 is 12.2 Å².